The van der Waals surface area contributed by atoms with Crippen molar-refractivity contribution >= 4 is 5.97 Å². The van der Waals surface area contributed by atoms with E-state index in [0.29, 0.717) is 12.0 Å². The van der Waals surface area contributed by atoms with E-state index in [1.54, 1.807) is 0 Å². The minimum atomic E-state index is -5.08. The van der Waals surface area contributed by atoms with Crippen molar-refractivity contribution < 1.29 is 32.5 Å². The van der Waals surface area contributed by atoms with E-state index in [1.807, 2.05) is 24.9 Å². The summed E-state index contributed by atoms with van der Waals surface area (Å²) in [6, 6.07) is 4.68. The molecule has 0 aromatic carbocycles. The van der Waals surface area contributed by atoms with E-state index in [9.17, 15) is 13.2 Å². The molecule has 2 aromatic heterocycles. The molecule has 34 heavy (non-hydrogen) atoms. The molecule has 1 saturated heterocycles. The molecular formula is C22H32F3N5O4. The van der Waals surface area contributed by atoms with Gasteiger partial charge in [0.05, 0.1) is 23.1 Å². The number of hydrogen-bond donors (Lipinski definition) is 1. The summed E-state index contributed by atoms with van der Waals surface area (Å²) in [7, 11) is 2.03. The predicted molar refractivity (Wildman–Crippen MR) is 116 cm³/mol. The second-order valence-corrected chi connectivity index (χ2v) is 8.71. The minimum Gasteiger partial charge on any atom is -0.475 e. The molecule has 0 bridgehead atoms. The van der Waals surface area contributed by atoms with Crippen molar-refractivity contribution in [2.75, 3.05) is 33.0 Å². The molecule has 2 aromatic rings. The van der Waals surface area contributed by atoms with Crippen LogP contribution in [0.5, 0.6) is 0 Å². The Morgan fingerprint density at radius 3 is 2.65 bits per heavy atom. The smallest absolute Gasteiger partial charge is 0.475 e. The Morgan fingerprint density at radius 2 is 2.03 bits per heavy atom. The molecule has 0 spiro atoms. The van der Waals surface area contributed by atoms with Crippen LogP contribution in [0.15, 0.2) is 18.3 Å². The number of carbonyl (C=O) groups is 1. The normalized spacial score (nSPS) is 19.4. The molecule has 1 fully saturated rings. The van der Waals surface area contributed by atoms with Crippen LogP contribution in [0.25, 0.3) is 0 Å². The topological polar surface area (TPSA) is 94.6 Å². The standard InChI is InChI=1S/C20H31N5O2.C2HF3O2/c1-16-11-20(23(2)22-16)14-24-12-18-3-7-21-25(18)19(13-24)6-10-27-15-17-4-8-26-9-5-17;3-2(4,5)1(6)7/h3,7,11,17,19H,4-6,8-10,12-15H2,1-2H3;(H,6,7). The summed E-state index contributed by atoms with van der Waals surface area (Å²) >= 11 is 0. The predicted octanol–water partition coefficient (Wildman–Crippen LogP) is 2.95. The zero-order valence-electron chi connectivity index (χ0n) is 19.5. The Morgan fingerprint density at radius 1 is 1.32 bits per heavy atom. The monoisotopic (exact) mass is 487 g/mol. The summed E-state index contributed by atoms with van der Waals surface area (Å²) in [5.74, 6) is -2.09. The van der Waals surface area contributed by atoms with Gasteiger partial charge in [-0.05, 0) is 44.2 Å². The number of halogens is 3. The molecular weight excluding hydrogens is 455 g/mol. The molecule has 4 rings (SSSR count). The van der Waals surface area contributed by atoms with Crippen LogP contribution in [0, 0.1) is 12.8 Å². The van der Waals surface area contributed by atoms with Crippen LogP contribution < -0.4 is 0 Å². The van der Waals surface area contributed by atoms with Gasteiger partial charge < -0.3 is 14.6 Å². The number of aliphatic carboxylic acids is 1. The number of carboxylic acid groups (broad SMARTS) is 1. The number of ether oxygens (including phenoxy) is 2. The number of aromatic nitrogens is 4. The van der Waals surface area contributed by atoms with Crippen LogP contribution in [-0.2, 0) is 34.4 Å². The van der Waals surface area contributed by atoms with Gasteiger partial charge in [-0.2, -0.15) is 23.4 Å². The molecule has 1 atom stereocenters. The number of alkyl halides is 3. The van der Waals surface area contributed by atoms with Crippen molar-refractivity contribution in [1.82, 2.24) is 24.5 Å². The molecule has 2 aliphatic heterocycles. The largest absolute Gasteiger partial charge is 0.490 e. The van der Waals surface area contributed by atoms with Crippen molar-refractivity contribution in [2.45, 2.75) is 51.5 Å². The Kier molecular flexibility index (Phi) is 9.09. The molecule has 4 heterocycles. The summed E-state index contributed by atoms with van der Waals surface area (Å²) in [5.41, 5.74) is 3.62. The highest BCUT2D eigenvalue weighted by molar-refractivity contribution is 5.73. The highest BCUT2D eigenvalue weighted by atomic mass is 19.4. The van der Waals surface area contributed by atoms with Crippen LogP contribution in [-0.4, -0.2) is 74.7 Å². The average molecular weight is 488 g/mol. The lowest BCUT2D eigenvalue weighted by atomic mass is 10.0. The fraction of sp³-hybridized carbons (Fsp3) is 0.682. The van der Waals surface area contributed by atoms with Gasteiger partial charge >= 0.3 is 12.1 Å². The van der Waals surface area contributed by atoms with Gasteiger partial charge in [0.15, 0.2) is 0 Å². The van der Waals surface area contributed by atoms with E-state index in [-0.39, 0.29) is 0 Å². The van der Waals surface area contributed by atoms with E-state index in [0.717, 1.165) is 71.0 Å². The van der Waals surface area contributed by atoms with Gasteiger partial charge in [-0.3, -0.25) is 14.3 Å². The molecule has 0 aliphatic carbocycles. The quantitative estimate of drug-likeness (QED) is 0.600. The molecule has 2 aliphatic rings. The lowest BCUT2D eigenvalue weighted by Gasteiger charge is -2.34. The summed E-state index contributed by atoms with van der Waals surface area (Å²) < 4.78 is 47.4. The number of fused-ring (bicyclic) bond motifs is 1. The average Bonchev–Trinajstić information content (AvgIpc) is 3.37. The third-order valence-electron chi connectivity index (χ3n) is 5.97. The molecule has 1 N–H and O–H groups in total. The molecule has 190 valence electrons. The zero-order chi connectivity index (χ0) is 24.7. The number of hydrogen-bond acceptors (Lipinski definition) is 6. The van der Waals surface area contributed by atoms with Gasteiger partial charge in [-0.25, -0.2) is 4.79 Å². The van der Waals surface area contributed by atoms with Crippen molar-refractivity contribution in [3.63, 3.8) is 0 Å². The van der Waals surface area contributed by atoms with Crippen molar-refractivity contribution in [3.8, 4) is 0 Å². The number of rotatable bonds is 7. The van der Waals surface area contributed by atoms with Gasteiger partial charge in [-0.1, -0.05) is 0 Å². The zero-order valence-corrected chi connectivity index (χ0v) is 19.5. The second kappa shape index (κ2) is 11.8. The molecule has 1 unspecified atom stereocenters. The van der Waals surface area contributed by atoms with Crippen molar-refractivity contribution in [2.24, 2.45) is 13.0 Å². The molecule has 0 radical (unpaired) electrons. The van der Waals surface area contributed by atoms with E-state index >= 15 is 0 Å². The van der Waals surface area contributed by atoms with E-state index in [1.165, 1.54) is 11.4 Å². The maximum atomic E-state index is 10.6. The van der Waals surface area contributed by atoms with Gasteiger partial charge in [0.25, 0.3) is 0 Å². The van der Waals surface area contributed by atoms with Crippen LogP contribution in [0.4, 0.5) is 13.2 Å². The lowest BCUT2D eigenvalue weighted by Crippen LogP contribution is -2.38. The first-order chi connectivity index (χ1) is 16.1. The Balaban J connectivity index is 0.000000406. The van der Waals surface area contributed by atoms with Crippen LogP contribution >= 0.6 is 0 Å². The summed E-state index contributed by atoms with van der Waals surface area (Å²) in [5, 5.41) is 16.2. The van der Waals surface area contributed by atoms with Crippen molar-refractivity contribution in [3.05, 3.63) is 35.4 Å². The summed E-state index contributed by atoms with van der Waals surface area (Å²) in [6.45, 7) is 8.32. The SMILES string of the molecule is Cc1cc(CN2Cc3ccnn3C(CCOCC3CCOCC3)C2)n(C)n1.O=C(O)C(F)(F)F. The maximum Gasteiger partial charge on any atom is 0.490 e. The number of aryl methyl sites for hydroxylation is 2. The van der Waals surface area contributed by atoms with E-state index in [2.05, 4.69) is 31.9 Å². The van der Waals surface area contributed by atoms with Crippen LogP contribution in [0.2, 0.25) is 0 Å². The van der Waals surface area contributed by atoms with Gasteiger partial charge in [-0.15, -0.1) is 0 Å². The van der Waals surface area contributed by atoms with Gasteiger partial charge in [0.1, 0.15) is 0 Å². The summed E-state index contributed by atoms with van der Waals surface area (Å²) in [6.07, 6.45) is 0.0943. The third kappa shape index (κ3) is 7.54. The first kappa shape index (κ1) is 26.2. The maximum absolute atomic E-state index is 10.6. The Hall–Kier alpha value is -2.44. The highest BCUT2D eigenvalue weighted by Gasteiger charge is 2.38. The van der Waals surface area contributed by atoms with Gasteiger partial charge in [0.2, 0.25) is 0 Å². The van der Waals surface area contributed by atoms with E-state index < -0.39 is 12.1 Å². The number of carboxylic acids is 1. The highest BCUT2D eigenvalue weighted by Crippen LogP contribution is 2.25. The fourth-order valence-corrected chi connectivity index (χ4v) is 4.22. The molecule has 9 nitrogen and oxygen atoms in total. The van der Waals surface area contributed by atoms with Gasteiger partial charge in [0, 0.05) is 59.3 Å². The fourth-order valence-electron chi connectivity index (χ4n) is 4.22. The molecule has 12 heteroatoms. The third-order valence-corrected chi connectivity index (χ3v) is 5.97. The second-order valence-electron chi connectivity index (χ2n) is 8.71. The molecule has 0 amide bonds. The first-order valence-electron chi connectivity index (χ1n) is 11.3. The lowest BCUT2D eigenvalue weighted by molar-refractivity contribution is -0.192. The van der Waals surface area contributed by atoms with E-state index in [4.69, 9.17) is 19.4 Å². The Bertz CT molecular complexity index is 924. The Labute approximate surface area is 196 Å². The summed E-state index contributed by atoms with van der Waals surface area (Å²) in [4.78, 5) is 11.4. The van der Waals surface area contributed by atoms with Crippen LogP contribution in [0.3, 0.4) is 0 Å². The number of nitrogens with zero attached hydrogens (tertiary/aromatic N) is 5. The van der Waals surface area contributed by atoms with Crippen molar-refractivity contribution in [1.29, 1.82) is 0 Å². The van der Waals surface area contributed by atoms with Crippen LogP contribution in [0.1, 0.15) is 42.4 Å². The first-order valence-corrected chi connectivity index (χ1v) is 11.3. The minimum absolute atomic E-state index is 0.368. The molecule has 0 saturated carbocycles.